The van der Waals surface area contributed by atoms with Gasteiger partial charge in [-0.1, -0.05) is 43.2 Å². The van der Waals surface area contributed by atoms with Gasteiger partial charge in [-0.2, -0.15) is 0 Å². The van der Waals surface area contributed by atoms with Crippen molar-refractivity contribution in [2.75, 3.05) is 13.1 Å². The van der Waals surface area contributed by atoms with Crippen LogP contribution in [-0.2, 0) is 11.2 Å². The van der Waals surface area contributed by atoms with E-state index in [4.69, 9.17) is 4.98 Å². The Morgan fingerprint density at radius 2 is 1.97 bits per heavy atom. The number of allylic oxidation sites excluding steroid dienone is 2. The molecule has 1 saturated heterocycles. The summed E-state index contributed by atoms with van der Waals surface area (Å²) in [6, 6.07) is 12.5. The van der Waals surface area contributed by atoms with Crippen LogP contribution >= 0.6 is 0 Å². The van der Waals surface area contributed by atoms with Crippen molar-refractivity contribution in [3.05, 3.63) is 77.8 Å². The number of hydrogen-bond donors (Lipinski definition) is 0. The molecule has 0 spiro atoms. The van der Waals surface area contributed by atoms with Crippen molar-refractivity contribution < 1.29 is 4.79 Å². The topological polar surface area (TPSA) is 48.8 Å². The number of rotatable bonds is 4. The first-order valence-corrected chi connectivity index (χ1v) is 11.8. The Morgan fingerprint density at radius 1 is 1.06 bits per heavy atom. The normalized spacial score (nSPS) is 26.8. The van der Waals surface area contributed by atoms with Gasteiger partial charge >= 0.3 is 0 Å². The molecule has 5 nitrogen and oxygen atoms in total. The molecule has 0 bridgehead atoms. The first-order valence-electron chi connectivity index (χ1n) is 11.8. The van der Waals surface area contributed by atoms with Crippen LogP contribution in [0.2, 0.25) is 0 Å². The summed E-state index contributed by atoms with van der Waals surface area (Å²) < 4.78 is 0. The van der Waals surface area contributed by atoms with Crippen molar-refractivity contribution in [1.82, 2.24) is 14.8 Å². The van der Waals surface area contributed by atoms with Gasteiger partial charge in [-0.25, -0.2) is 0 Å². The second-order valence-corrected chi connectivity index (χ2v) is 9.31. The van der Waals surface area contributed by atoms with E-state index in [0.717, 1.165) is 48.0 Å². The Kier molecular flexibility index (Phi) is 4.90. The Hall–Kier alpha value is -3.21. The molecule has 0 radical (unpaired) electrons. The van der Waals surface area contributed by atoms with Gasteiger partial charge in [0.05, 0.1) is 5.52 Å². The molecule has 5 heteroatoms. The number of nitrogens with zero attached hydrogens (tertiary/aromatic N) is 4. The van der Waals surface area contributed by atoms with Crippen molar-refractivity contribution in [2.24, 2.45) is 16.8 Å². The van der Waals surface area contributed by atoms with Crippen molar-refractivity contribution in [1.29, 1.82) is 0 Å². The third kappa shape index (κ3) is 3.36. The molecule has 1 aliphatic carbocycles. The molecular weight excluding hydrogens is 396 g/mol. The first kappa shape index (κ1) is 19.5. The van der Waals surface area contributed by atoms with Crippen molar-refractivity contribution in [3.63, 3.8) is 0 Å². The van der Waals surface area contributed by atoms with Gasteiger partial charge in [0.25, 0.3) is 0 Å². The summed E-state index contributed by atoms with van der Waals surface area (Å²) in [5.41, 5.74) is 4.52. The Balaban J connectivity index is 1.27. The highest BCUT2D eigenvalue weighted by molar-refractivity contribution is 5.87. The maximum atomic E-state index is 13.5. The monoisotopic (exact) mass is 424 g/mol. The lowest BCUT2D eigenvalue weighted by Gasteiger charge is -2.37. The first-order chi connectivity index (χ1) is 15.8. The van der Waals surface area contributed by atoms with E-state index >= 15 is 0 Å². The van der Waals surface area contributed by atoms with Crippen molar-refractivity contribution in [2.45, 2.75) is 38.3 Å². The largest absolute Gasteiger partial charge is 0.352 e. The summed E-state index contributed by atoms with van der Waals surface area (Å²) in [5, 5.41) is 1.16. The van der Waals surface area contributed by atoms with Crippen LogP contribution in [0.4, 0.5) is 0 Å². The van der Waals surface area contributed by atoms with Crippen LogP contribution < -0.4 is 0 Å². The van der Waals surface area contributed by atoms with Crippen LogP contribution in [0.3, 0.4) is 0 Å². The highest BCUT2D eigenvalue weighted by Gasteiger charge is 2.50. The fourth-order valence-electron chi connectivity index (χ4n) is 5.91. The molecule has 6 rings (SSSR count). The van der Waals surface area contributed by atoms with E-state index < -0.39 is 0 Å². The number of pyridine rings is 1. The highest BCUT2D eigenvalue weighted by Crippen LogP contribution is 2.44. The van der Waals surface area contributed by atoms with Gasteiger partial charge in [-0.05, 0) is 36.6 Å². The molecule has 3 atom stereocenters. The molecule has 1 aromatic carbocycles. The summed E-state index contributed by atoms with van der Waals surface area (Å²) in [4.78, 5) is 27.3. The van der Waals surface area contributed by atoms with Gasteiger partial charge in [-0.3, -0.25) is 14.8 Å². The van der Waals surface area contributed by atoms with Gasteiger partial charge in [0.1, 0.15) is 6.17 Å². The number of carbonyl (C=O) groups is 1. The fraction of sp³-hybridized carbons (Fsp3) is 0.370. The molecule has 2 unspecified atom stereocenters. The zero-order chi connectivity index (χ0) is 21.5. The van der Waals surface area contributed by atoms with Crippen LogP contribution in [0.1, 0.15) is 31.4 Å². The van der Waals surface area contributed by atoms with Crippen LogP contribution in [-0.4, -0.2) is 46.2 Å². The second kappa shape index (κ2) is 8.05. The number of carbonyl (C=O) groups excluding carboxylic acids is 1. The predicted molar refractivity (Wildman–Crippen MR) is 127 cm³/mol. The lowest BCUT2D eigenvalue weighted by atomic mass is 9.80. The third-order valence-corrected chi connectivity index (χ3v) is 7.44. The van der Waals surface area contributed by atoms with Gasteiger partial charge in [-0.15, -0.1) is 0 Å². The molecule has 0 N–H and O–H groups in total. The maximum Gasteiger partial charge on any atom is 0.227 e. The molecule has 162 valence electrons. The predicted octanol–water partition coefficient (Wildman–Crippen LogP) is 4.48. The van der Waals surface area contributed by atoms with E-state index in [9.17, 15) is 4.79 Å². The van der Waals surface area contributed by atoms with Gasteiger partial charge in [0, 0.05) is 66.6 Å². The Morgan fingerprint density at radius 3 is 2.94 bits per heavy atom. The second-order valence-electron chi connectivity index (χ2n) is 9.31. The number of likely N-dealkylation sites (tertiary alicyclic amines) is 1. The van der Waals surface area contributed by atoms with Gasteiger partial charge in [0.15, 0.2) is 0 Å². The zero-order valence-corrected chi connectivity index (χ0v) is 18.2. The fourth-order valence-corrected chi connectivity index (χ4v) is 5.91. The third-order valence-electron chi connectivity index (χ3n) is 7.44. The average molecular weight is 425 g/mol. The lowest BCUT2D eigenvalue weighted by Crippen LogP contribution is -2.46. The SMILES string of the molecule is O=C1C2CCCC[C@@H]2C(N2C=C3C=NC=CC=C3C2)N1CCc1ccc2ccccc2n1. The van der Waals surface area contributed by atoms with E-state index in [1.54, 1.807) is 0 Å². The average Bonchev–Trinajstić information content (AvgIpc) is 3.26. The number of hydrogen-bond acceptors (Lipinski definition) is 4. The number of benzene rings is 1. The summed E-state index contributed by atoms with van der Waals surface area (Å²) in [6.07, 6.45) is 15.6. The van der Waals surface area contributed by atoms with E-state index in [0.29, 0.717) is 18.4 Å². The van der Waals surface area contributed by atoms with Crippen molar-refractivity contribution in [3.8, 4) is 0 Å². The van der Waals surface area contributed by atoms with E-state index in [-0.39, 0.29) is 12.1 Å². The molecule has 4 heterocycles. The number of para-hydroxylation sites is 1. The summed E-state index contributed by atoms with van der Waals surface area (Å²) in [7, 11) is 0. The molecule has 4 aliphatic rings. The number of fused-ring (bicyclic) bond motifs is 3. The minimum atomic E-state index is 0.131. The van der Waals surface area contributed by atoms with Crippen LogP contribution in [0, 0.1) is 11.8 Å². The number of amides is 1. The minimum Gasteiger partial charge on any atom is -0.352 e. The Labute approximate surface area is 188 Å². The molecule has 1 saturated carbocycles. The van der Waals surface area contributed by atoms with Crippen LogP contribution in [0.15, 0.2) is 77.1 Å². The van der Waals surface area contributed by atoms with Crippen LogP contribution in [0.25, 0.3) is 10.9 Å². The van der Waals surface area contributed by atoms with Crippen molar-refractivity contribution >= 4 is 23.0 Å². The van der Waals surface area contributed by atoms with E-state index in [1.807, 2.05) is 30.6 Å². The van der Waals surface area contributed by atoms with Gasteiger partial charge in [0.2, 0.25) is 5.91 Å². The highest BCUT2D eigenvalue weighted by atomic mass is 16.2. The minimum absolute atomic E-state index is 0.131. The molecule has 1 amide bonds. The van der Waals surface area contributed by atoms with E-state index in [2.05, 4.69) is 51.3 Å². The standard InChI is InChI=1S/C27H28N4O/c32-27-24-9-3-2-8-23(24)26(30-17-20-7-5-14-28-16-21(20)18-30)31(27)15-13-22-12-11-19-6-1-4-10-25(19)29-22/h1,4-7,10-12,14,16,18,23-24,26H,2-3,8-9,13,15,17H2/t23-,24?,26?/m0/s1. The Bertz CT molecular complexity index is 1180. The quantitative estimate of drug-likeness (QED) is 0.727. The molecule has 3 aliphatic heterocycles. The molecule has 2 aromatic rings. The zero-order valence-electron chi connectivity index (χ0n) is 18.2. The smallest absolute Gasteiger partial charge is 0.227 e. The summed E-state index contributed by atoms with van der Waals surface area (Å²) in [5.74, 6) is 0.922. The summed E-state index contributed by atoms with van der Waals surface area (Å²) in [6.45, 7) is 1.56. The number of aliphatic imine (C=N–C) groups is 1. The molecule has 32 heavy (non-hydrogen) atoms. The molecule has 1 aromatic heterocycles. The van der Waals surface area contributed by atoms with Gasteiger partial charge < -0.3 is 9.80 Å². The van der Waals surface area contributed by atoms with E-state index in [1.165, 1.54) is 18.4 Å². The molecular formula is C27H28N4O. The van der Waals surface area contributed by atoms with Crippen LogP contribution in [0.5, 0.6) is 0 Å². The summed E-state index contributed by atoms with van der Waals surface area (Å²) >= 11 is 0. The molecule has 2 fully saturated rings. The lowest BCUT2D eigenvalue weighted by molar-refractivity contribution is -0.133. The number of aromatic nitrogens is 1. The maximum absolute atomic E-state index is 13.5.